The molecule has 0 bridgehead atoms. The van der Waals surface area contributed by atoms with Crippen LogP contribution in [-0.4, -0.2) is 28.6 Å². The summed E-state index contributed by atoms with van der Waals surface area (Å²) in [4.78, 5) is 13.0. The quantitative estimate of drug-likeness (QED) is 0.580. The molecule has 0 aromatic carbocycles. The molecule has 1 aliphatic carbocycles. The summed E-state index contributed by atoms with van der Waals surface area (Å²) in [7, 11) is 0. The van der Waals surface area contributed by atoms with Gasteiger partial charge in [-0.15, -0.1) is 0 Å². The van der Waals surface area contributed by atoms with Crippen LogP contribution in [0.5, 0.6) is 5.88 Å². The van der Waals surface area contributed by atoms with Gasteiger partial charge >= 0.3 is 0 Å². The Hall–Kier alpha value is -2.63. The van der Waals surface area contributed by atoms with Gasteiger partial charge in [0.25, 0.3) is 0 Å². The Kier molecular flexibility index (Phi) is 7.02. The van der Waals surface area contributed by atoms with Crippen LogP contribution in [0.3, 0.4) is 0 Å². The maximum absolute atomic E-state index is 6.05. The lowest BCUT2D eigenvalue weighted by molar-refractivity contribution is 0.130. The highest BCUT2D eigenvalue weighted by Crippen LogP contribution is 2.26. The van der Waals surface area contributed by atoms with Gasteiger partial charge in [-0.2, -0.15) is 0 Å². The van der Waals surface area contributed by atoms with Crippen LogP contribution in [0.2, 0.25) is 0 Å². The third-order valence-corrected chi connectivity index (χ3v) is 4.89. The number of pyridine rings is 2. The van der Waals surface area contributed by atoms with E-state index in [0.717, 1.165) is 36.4 Å². The predicted octanol–water partition coefficient (Wildman–Crippen LogP) is 3.08. The van der Waals surface area contributed by atoms with Crippen molar-refractivity contribution in [1.29, 1.82) is 0 Å². The predicted molar refractivity (Wildman–Crippen MR) is 108 cm³/mol. The number of hydrogen-bond donors (Lipinski definition) is 2. The van der Waals surface area contributed by atoms with Gasteiger partial charge in [0.1, 0.15) is 6.10 Å². The van der Waals surface area contributed by atoms with Crippen molar-refractivity contribution in [3.63, 3.8) is 0 Å². The van der Waals surface area contributed by atoms with Gasteiger partial charge in [0.15, 0.2) is 5.96 Å². The SMILES string of the molecule is CC1CCC(Oc2cc(CN=C(N)NCCc3ccccn3)ccn2)CC1. The average Bonchev–Trinajstić information content (AvgIpc) is 2.69. The van der Waals surface area contributed by atoms with Gasteiger partial charge in [-0.1, -0.05) is 13.0 Å². The Morgan fingerprint density at radius 1 is 1.19 bits per heavy atom. The smallest absolute Gasteiger partial charge is 0.213 e. The highest BCUT2D eigenvalue weighted by molar-refractivity contribution is 5.77. The molecule has 0 radical (unpaired) electrons. The number of aliphatic imine (C=N–C) groups is 1. The maximum atomic E-state index is 6.05. The second-order valence-electron chi connectivity index (χ2n) is 7.20. The van der Waals surface area contributed by atoms with Gasteiger partial charge in [0, 0.05) is 37.1 Å². The Morgan fingerprint density at radius 2 is 2.04 bits per heavy atom. The van der Waals surface area contributed by atoms with E-state index in [1.807, 2.05) is 30.3 Å². The third-order valence-electron chi connectivity index (χ3n) is 4.89. The van der Waals surface area contributed by atoms with Crippen LogP contribution in [0.25, 0.3) is 0 Å². The molecular weight excluding hydrogens is 338 g/mol. The van der Waals surface area contributed by atoms with Crippen molar-refractivity contribution in [1.82, 2.24) is 15.3 Å². The molecule has 2 aromatic rings. The maximum Gasteiger partial charge on any atom is 0.213 e. The molecule has 0 unspecified atom stereocenters. The van der Waals surface area contributed by atoms with Crippen LogP contribution in [0.15, 0.2) is 47.7 Å². The first kappa shape index (κ1) is 19.1. The largest absolute Gasteiger partial charge is 0.474 e. The van der Waals surface area contributed by atoms with Crippen LogP contribution in [0.4, 0.5) is 0 Å². The van der Waals surface area contributed by atoms with Crippen LogP contribution in [0, 0.1) is 5.92 Å². The first-order chi connectivity index (χ1) is 13.2. The lowest BCUT2D eigenvalue weighted by atomic mass is 9.89. The van der Waals surface area contributed by atoms with Gasteiger partial charge in [-0.3, -0.25) is 4.98 Å². The molecule has 3 rings (SSSR count). The van der Waals surface area contributed by atoms with Crippen molar-refractivity contribution in [2.75, 3.05) is 6.54 Å². The monoisotopic (exact) mass is 367 g/mol. The van der Waals surface area contributed by atoms with Crippen molar-refractivity contribution in [3.05, 3.63) is 54.0 Å². The standard InChI is InChI=1S/C21H29N5O/c1-16-5-7-19(8-6-16)27-20-14-17(9-12-24-20)15-26-21(22)25-13-10-18-4-2-3-11-23-18/h2-4,9,11-12,14,16,19H,5-8,10,13,15H2,1H3,(H3,22,25,26). The minimum absolute atomic E-state index is 0.283. The second kappa shape index (κ2) is 9.90. The number of aromatic nitrogens is 2. The van der Waals surface area contributed by atoms with E-state index < -0.39 is 0 Å². The van der Waals surface area contributed by atoms with Crippen molar-refractivity contribution in [2.24, 2.45) is 16.6 Å². The summed E-state index contributed by atoms with van der Waals surface area (Å²) in [5, 5.41) is 3.13. The highest BCUT2D eigenvalue weighted by atomic mass is 16.5. The van der Waals surface area contributed by atoms with Gasteiger partial charge in [0.2, 0.25) is 5.88 Å². The normalized spacial score (nSPS) is 20.3. The molecule has 3 N–H and O–H groups in total. The summed E-state index contributed by atoms with van der Waals surface area (Å²) in [6.45, 7) is 3.52. The fourth-order valence-corrected chi connectivity index (χ4v) is 3.23. The van der Waals surface area contributed by atoms with E-state index in [1.165, 1.54) is 12.8 Å². The number of hydrogen-bond acceptors (Lipinski definition) is 4. The molecular formula is C21H29N5O. The highest BCUT2D eigenvalue weighted by Gasteiger charge is 2.19. The van der Waals surface area contributed by atoms with Crippen LogP contribution >= 0.6 is 0 Å². The zero-order valence-electron chi connectivity index (χ0n) is 16.0. The van der Waals surface area contributed by atoms with Crippen LogP contribution < -0.4 is 15.8 Å². The average molecular weight is 367 g/mol. The van der Waals surface area contributed by atoms with Crippen LogP contribution in [0.1, 0.15) is 43.9 Å². The first-order valence-electron chi connectivity index (χ1n) is 9.74. The molecule has 6 nitrogen and oxygen atoms in total. The lowest BCUT2D eigenvalue weighted by Crippen LogP contribution is -2.33. The first-order valence-corrected chi connectivity index (χ1v) is 9.74. The molecule has 0 spiro atoms. The van der Waals surface area contributed by atoms with Gasteiger partial charge < -0.3 is 15.8 Å². The van der Waals surface area contributed by atoms with Gasteiger partial charge in [0.05, 0.1) is 6.54 Å². The fraction of sp³-hybridized carbons (Fsp3) is 0.476. The molecule has 2 heterocycles. The van der Waals surface area contributed by atoms with Crippen molar-refractivity contribution in [2.45, 2.75) is 51.7 Å². The molecule has 0 amide bonds. The van der Waals surface area contributed by atoms with E-state index in [1.54, 1.807) is 12.4 Å². The minimum Gasteiger partial charge on any atom is -0.474 e. The minimum atomic E-state index is 0.283. The number of nitrogens with one attached hydrogen (secondary N) is 1. The summed E-state index contributed by atoms with van der Waals surface area (Å²) in [6, 6.07) is 9.80. The molecule has 6 heteroatoms. The molecule has 0 atom stereocenters. The summed E-state index contributed by atoms with van der Waals surface area (Å²) >= 11 is 0. The summed E-state index contributed by atoms with van der Waals surface area (Å²) in [6.07, 6.45) is 9.34. The van der Waals surface area contributed by atoms with E-state index >= 15 is 0 Å². The lowest BCUT2D eigenvalue weighted by Gasteiger charge is -2.26. The Bertz CT molecular complexity index is 726. The Balaban J connectivity index is 1.45. The number of rotatable bonds is 7. The second-order valence-corrected chi connectivity index (χ2v) is 7.20. The van der Waals surface area contributed by atoms with E-state index in [0.29, 0.717) is 24.9 Å². The van der Waals surface area contributed by atoms with E-state index in [-0.39, 0.29) is 6.10 Å². The topological polar surface area (TPSA) is 85.4 Å². The molecule has 0 aliphatic heterocycles. The summed E-state index contributed by atoms with van der Waals surface area (Å²) in [5.74, 6) is 1.93. The van der Waals surface area contributed by atoms with E-state index in [9.17, 15) is 0 Å². The molecule has 144 valence electrons. The molecule has 0 saturated heterocycles. The van der Waals surface area contributed by atoms with E-state index in [4.69, 9.17) is 10.5 Å². The van der Waals surface area contributed by atoms with Crippen molar-refractivity contribution in [3.8, 4) is 5.88 Å². The molecule has 1 fully saturated rings. The number of ether oxygens (including phenoxy) is 1. The third kappa shape index (κ3) is 6.55. The molecule has 27 heavy (non-hydrogen) atoms. The number of nitrogens with zero attached hydrogens (tertiary/aromatic N) is 3. The van der Waals surface area contributed by atoms with E-state index in [2.05, 4.69) is 27.2 Å². The zero-order chi connectivity index (χ0) is 18.9. The van der Waals surface area contributed by atoms with Gasteiger partial charge in [-0.25, -0.2) is 9.98 Å². The summed E-state index contributed by atoms with van der Waals surface area (Å²) in [5.41, 5.74) is 8.03. The van der Waals surface area contributed by atoms with Gasteiger partial charge in [-0.05, 0) is 55.4 Å². The molecule has 1 saturated carbocycles. The van der Waals surface area contributed by atoms with Crippen molar-refractivity contribution >= 4 is 5.96 Å². The summed E-state index contributed by atoms with van der Waals surface area (Å²) < 4.78 is 6.05. The Morgan fingerprint density at radius 3 is 2.81 bits per heavy atom. The zero-order valence-corrected chi connectivity index (χ0v) is 16.0. The number of guanidine groups is 1. The Labute approximate surface area is 161 Å². The van der Waals surface area contributed by atoms with Crippen LogP contribution in [-0.2, 0) is 13.0 Å². The fourth-order valence-electron chi connectivity index (χ4n) is 3.23. The molecule has 2 aromatic heterocycles. The number of nitrogens with two attached hydrogens (primary N) is 1. The molecule has 1 aliphatic rings. The van der Waals surface area contributed by atoms with Crippen molar-refractivity contribution < 1.29 is 4.74 Å².